The van der Waals surface area contributed by atoms with Gasteiger partial charge in [0.15, 0.2) is 0 Å². The summed E-state index contributed by atoms with van der Waals surface area (Å²) in [6.07, 6.45) is 0.746. The van der Waals surface area contributed by atoms with E-state index in [1.807, 2.05) is 32.0 Å². The molecule has 0 radical (unpaired) electrons. The molecule has 1 aromatic heterocycles. The minimum atomic E-state index is -0.0130. The highest BCUT2D eigenvalue weighted by Crippen LogP contribution is 2.23. The minimum absolute atomic E-state index is 0.0130. The van der Waals surface area contributed by atoms with E-state index in [1.165, 1.54) is 0 Å². The van der Waals surface area contributed by atoms with E-state index < -0.39 is 0 Å². The van der Waals surface area contributed by atoms with Crippen LogP contribution in [0.25, 0.3) is 10.9 Å². The average Bonchev–Trinajstić information content (AvgIpc) is 2.28. The number of aromatic nitrogens is 1. The highest BCUT2D eigenvalue weighted by Gasteiger charge is 2.05. The number of methoxy groups -OCH3 is 1. The normalized spacial score (nSPS) is 10.7. The lowest BCUT2D eigenvalue weighted by Crippen LogP contribution is -2.11. The molecule has 2 aromatic rings. The number of benzene rings is 1. The molecule has 16 heavy (non-hydrogen) atoms. The van der Waals surface area contributed by atoms with Crippen molar-refractivity contribution < 1.29 is 4.74 Å². The lowest BCUT2D eigenvalue weighted by molar-refractivity contribution is 0.412. The van der Waals surface area contributed by atoms with E-state index in [9.17, 15) is 4.79 Å². The summed E-state index contributed by atoms with van der Waals surface area (Å²) in [5, 5.41) is 1.05. The molecule has 0 bridgehead atoms. The molecule has 0 fully saturated rings. The largest absolute Gasteiger partial charge is 0.496 e. The third-order valence-corrected chi connectivity index (χ3v) is 2.82. The van der Waals surface area contributed by atoms with Gasteiger partial charge >= 0.3 is 0 Å². The number of pyridine rings is 1. The Labute approximate surface area is 94.1 Å². The fraction of sp³-hybridized carbons (Fsp3) is 0.308. The highest BCUT2D eigenvalue weighted by atomic mass is 16.5. The summed E-state index contributed by atoms with van der Waals surface area (Å²) in [5.74, 6) is 0.799. The van der Waals surface area contributed by atoms with Crippen molar-refractivity contribution in [1.29, 1.82) is 0 Å². The molecule has 3 nitrogen and oxygen atoms in total. The van der Waals surface area contributed by atoms with E-state index in [1.54, 1.807) is 7.11 Å². The zero-order valence-electron chi connectivity index (χ0n) is 9.76. The number of hydrogen-bond donors (Lipinski definition) is 1. The van der Waals surface area contributed by atoms with Gasteiger partial charge in [-0.25, -0.2) is 0 Å². The number of rotatable bonds is 2. The van der Waals surface area contributed by atoms with Crippen molar-refractivity contribution in [2.75, 3.05) is 7.11 Å². The molecule has 2 rings (SSSR count). The van der Waals surface area contributed by atoms with Crippen LogP contribution in [-0.4, -0.2) is 12.1 Å². The Bertz CT molecular complexity index is 584. The highest BCUT2D eigenvalue weighted by molar-refractivity contribution is 5.81. The van der Waals surface area contributed by atoms with Gasteiger partial charge in [0, 0.05) is 11.6 Å². The van der Waals surface area contributed by atoms with E-state index in [-0.39, 0.29) is 5.56 Å². The number of hydrogen-bond acceptors (Lipinski definition) is 2. The van der Waals surface area contributed by atoms with Crippen molar-refractivity contribution in [3.8, 4) is 5.75 Å². The van der Waals surface area contributed by atoms with Crippen molar-refractivity contribution in [3.63, 3.8) is 0 Å². The fourth-order valence-corrected chi connectivity index (χ4v) is 1.88. The summed E-state index contributed by atoms with van der Waals surface area (Å²) in [6, 6.07) is 5.84. The van der Waals surface area contributed by atoms with Gasteiger partial charge in [0.25, 0.3) is 5.56 Å². The quantitative estimate of drug-likeness (QED) is 0.839. The van der Waals surface area contributed by atoms with Crippen LogP contribution in [-0.2, 0) is 6.42 Å². The van der Waals surface area contributed by atoms with Gasteiger partial charge < -0.3 is 9.72 Å². The third-order valence-electron chi connectivity index (χ3n) is 2.82. The molecule has 0 saturated carbocycles. The summed E-state index contributed by atoms with van der Waals surface area (Å²) in [6.45, 7) is 3.97. The Balaban J connectivity index is 2.76. The van der Waals surface area contributed by atoms with Crippen LogP contribution in [0.1, 0.15) is 18.1 Å². The first kappa shape index (κ1) is 10.7. The van der Waals surface area contributed by atoms with Gasteiger partial charge in [-0.2, -0.15) is 0 Å². The van der Waals surface area contributed by atoms with Gasteiger partial charge in [-0.05, 0) is 36.4 Å². The minimum Gasteiger partial charge on any atom is -0.496 e. The summed E-state index contributed by atoms with van der Waals surface area (Å²) in [7, 11) is 1.63. The number of aromatic amines is 1. The molecule has 0 spiro atoms. The second-order valence-corrected chi connectivity index (χ2v) is 3.89. The summed E-state index contributed by atoms with van der Waals surface area (Å²) in [4.78, 5) is 14.5. The van der Waals surface area contributed by atoms with Crippen LogP contribution in [0.4, 0.5) is 0 Å². The summed E-state index contributed by atoms with van der Waals surface area (Å²) >= 11 is 0. The summed E-state index contributed by atoms with van der Waals surface area (Å²) < 4.78 is 5.23. The third kappa shape index (κ3) is 1.69. The molecule has 3 heteroatoms. The van der Waals surface area contributed by atoms with Crippen LogP contribution < -0.4 is 10.3 Å². The second kappa shape index (κ2) is 4.00. The molecule has 0 atom stereocenters. The number of fused-ring (bicyclic) bond motifs is 1. The van der Waals surface area contributed by atoms with Gasteiger partial charge in [-0.15, -0.1) is 0 Å². The maximum Gasteiger partial charge on any atom is 0.251 e. The van der Waals surface area contributed by atoms with Gasteiger partial charge in [0.1, 0.15) is 5.75 Å². The first-order valence-corrected chi connectivity index (χ1v) is 5.36. The van der Waals surface area contributed by atoms with Gasteiger partial charge in [0.05, 0.1) is 12.6 Å². The molecule has 84 valence electrons. The van der Waals surface area contributed by atoms with Crippen LogP contribution in [0.2, 0.25) is 0 Å². The van der Waals surface area contributed by atoms with Crippen molar-refractivity contribution in [2.45, 2.75) is 20.3 Å². The van der Waals surface area contributed by atoms with Gasteiger partial charge in [-0.3, -0.25) is 4.79 Å². The van der Waals surface area contributed by atoms with E-state index in [4.69, 9.17) is 4.74 Å². The first-order valence-electron chi connectivity index (χ1n) is 5.36. The van der Waals surface area contributed by atoms with Crippen molar-refractivity contribution in [3.05, 3.63) is 39.7 Å². The standard InChI is InChI=1S/C13H15NO2/c1-4-9-6-10-5-8(2)12(16-3)7-11(10)14-13(9)15/h5-7H,4H2,1-3H3,(H,14,15). The van der Waals surface area contributed by atoms with Crippen LogP contribution in [0.3, 0.4) is 0 Å². The second-order valence-electron chi connectivity index (χ2n) is 3.89. The average molecular weight is 217 g/mol. The number of ether oxygens (including phenoxy) is 1. The van der Waals surface area contributed by atoms with E-state index in [2.05, 4.69) is 4.98 Å². The van der Waals surface area contributed by atoms with Crippen LogP contribution in [0, 0.1) is 6.92 Å². The molecule has 0 unspecified atom stereocenters. The van der Waals surface area contributed by atoms with Crippen molar-refractivity contribution in [2.24, 2.45) is 0 Å². The summed E-state index contributed by atoms with van der Waals surface area (Å²) in [5.41, 5.74) is 2.70. The molecule has 0 aliphatic carbocycles. The van der Waals surface area contributed by atoms with Gasteiger partial charge in [0.2, 0.25) is 0 Å². The molecule has 1 aromatic carbocycles. The Morgan fingerprint density at radius 2 is 2.06 bits per heavy atom. The molecule has 1 heterocycles. The van der Waals surface area contributed by atoms with Crippen LogP contribution in [0.5, 0.6) is 5.75 Å². The predicted octanol–water partition coefficient (Wildman–Crippen LogP) is 2.41. The molecular formula is C13H15NO2. The first-order chi connectivity index (χ1) is 7.65. The van der Waals surface area contributed by atoms with Gasteiger partial charge in [-0.1, -0.05) is 6.92 Å². The monoisotopic (exact) mass is 217 g/mol. The lowest BCUT2D eigenvalue weighted by atomic mass is 10.1. The van der Waals surface area contributed by atoms with E-state index in [0.29, 0.717) is 0 Å². The van der Waals surface area contributed by atoms with Crippen LogP contribution >= 0.6 is 0 Å². The predicted molar refractivity (Wildman–Crippen MR) is 65.2 cm³/mol. The molecular weight excluding hydrogens is 202 g/mol. The maximum absolute atomic E-state index is 11.7. The van der Waals surface area contributed by atoms with E-state index in [0.717, 1.165) is 34.2 Å². The molecule has 1 N–H and O–H groups in total. The van der Waals surface area contributed by atoms with Crippen LogP contribution in [0.15, 0.2) is 23.0 Å². The Hall–Kier alpha value is -1.77. The topological polar surface area (TPSA) is 42.1 Å². The Morgan fingerprint density at radius 3 is 2.69 bits per heavy atom. The SMILES string of the molecule is CCc1cc2cc(C)c(OC)cc2[nH]c1=O. The van der Waals surface area contributed by atoms with Crippen molar-refractivity contribution >= 4 is 10.9 Å². The Kier molecular flexibility index (Phi) is 2.69. The van der Waals surface area contributed by atoms with E-state index >= 15 is 0 Å². The molecule has 0 aliphatic heterocycles. The fourth-order valence-electron chi connectivity index (χ4n) is 1.88. The smallest absolute Gasteiger partial charge is 0.251 e. The number of H-pyrrole nitrogens is 1. The van der Waals surface area contributed by atoms with Crippen molar-refractivity contribution in [1.82, 2.24) is 4.98 Å². The Morgan fingerprint density at radius 1 is 1.31 bits per heavy atom. The molecule has 0 aliphatic rings. The maximum atomic E-state index is 11.7. The molecule has 0 amide bonds. The number of aryl methyl sites for hydroxylation is 2. The zero-order chi connectivity index (χ0) is 11.7. The zero-order valence-corrected chi connectivity index (χ0v) is 9.76. The number of nitrogens with one attached hydrogen (secondary N) is 1. The molecule has 0 saturated heterocycles. The lowest BCUT2D eigenvalue weighted by Gasteiger charge is -2.07.